The number of rotatable bonds is 5. The van der Waals surface area contributed by atoms with Crippen molar-refractivity contribution in [1.82, 2.24) is 4.98 Å². The lowest BCUT2D eigenvalue weighted by Gasteiger charge is -2.32. The second-order valence-corrected chi connectivity index (χ2v) is 6.62. The molecule has 1 aromatic heterocycles. The molecular weight excluding hydrogens is 344 g/mol. The van der Waals surface area contributed by atoms with Crippen LogP contribution in [0.25, 0.3) is 0 Å². The Kier molecular flexibility index (Phi) is 5.08. The lowest BCUT2D eigenvalue weighted by molar-refractivity contribution is -0.133. The van der Waals surface area contributed by atoms with E-state index in [-0.39, 0.29) is 5.57 Å². The minimum absolute atomic E-state index is 0.262. The van der Waals surface area contributed by atoms with Crippen LogP contribution in [0.5, 0.6) is 11.6 Å². The lowest BCUT2D eigenvalue weighted by Crippen LogP contribution is -2.25. The Bertz CT molecular complexity index is 934. The minimum Gasteiger partial charge on any atom is -0.496 e. The number of benzene rings is 1. The van der Waals surface area contributed by atoms with E-state index >= 15 is 0 Å². The molecule has 0 amide bonds. The van der Waals surface area contributed by atoms with E-state index in [2.05, 4.69) is 10.3 Å². The molecule has 1 aromatic carbocycles. The maximum Gasteiger partial charge on any atom is 0.334 e. The number of anilines is 1. The van der Waals surface area contributed by atoms with Crippen LogP contribution in [0.1, 0.15) is 42.0 Å². The number of fused-ring (bicyclic) bond motifs is 1. The molecule has 0 saturated carbocycles. The third-order valence-electron chi connectivity index (χ3n) is 4.77. The van der Waals surface area contributed by atoms with E-state index in [0.717, 1.165) is 27.9 Å². The number of aromatic nitrogens is 1. The standard InChI is InChI=1S/C21H24N2O4/c1-6-27-20-18-17(14-8-7-11(2)9-15(14)26-5)16(21(24)25)13(4)23-19(18)12(3)10-22-20/h7-10,17,23H,6H2,1-5H3,(H,24,25)/t17-/m1/s1. The van der Waals surface area contributed by atoms with Crippen LogP contribution in [-0.2, 0) is 4.79 Å². The van der Waals surface area contributed by atoms with Gasteiger partial charge in [-0.1, -0.05) is 12.1 Å². The summed E-state index contributed by atoms with van der Waals surface area (Å²) in [7, 11) is 1.59. The molecule has 0 aliphatic carbocycles. The van der Waals surface area contributed by atoms with Crippen molar-refractivity contribution in [2.45, 2.75) is 33.6 Å². The van der Waals surface area contributed by atoms with Gasteiger partial charge in [0.25, 0.3) is 0 Å². The number of carboxylic acids is 1. The van der Waals surface area contributed by atoms with Gasteiger partial charge < -0.3 is 19.9 Å². The van der Waals surface area contributed by atoms with Crippen LogP contribution in [0.3, 0.4) is 0 Å². The zero-order valence-electron chi connectivity index (χ0n) is 16.2. The number of aliphatic carboxylic acids is 1. The van der Waals surface area contributed by atoms with Gasteiger partial charge >= 0.3 is 5.97 Å². The van der Waals surface area contributed by atoms with Crippen molar-refractivity contribution >= 4 is 11.7 Å². The van der Waals surface area contributed by atoms with E-state index in [9.17, 15) is 9.90 Å². The van der Waals surface area contributed by atoms with E-state index < -0.39 is 11.9 Å². The van der Waals surface area contributed by atoms with Gasteiger partial charge in [-0.15, -0.1) is 0 Å². The predicted octanol–water partition coefficient (Wildman–Crippen LogP) is 4.02. The summed E-state index contributed by atoms with van der Waals surface area (Å²) in [6.45, 7) is 8.01. The summed E-state index contributed by atoms with van der Waals surface area (Å²) < 4.78 is 11.4. The van der Waals surface area contributed by atoms with E-state index in [1.54, 1.807) is 20.2 Å². The molecule has 0 unspecified atom stereocenters. The number of ether oxygens (including phenoxy) is 2. The third kappa shape index (κ3) is 3.23. The fraction of sp³-hybridized carbons (Fsp3) is 0.333. The van der Waals surface area contributed by atoms with Gasteiger partial charge in [0.1, 0.15) is 5.75 Å². The van der Waals surface area contributed by atoms with Crippen LogP contribution in [0.4, 0.5) is 5.69 Å². The average Bonchev–Trinajstić information content (AvgIpc) is 2.63. The summed E-state index contributed by atoms with van der Waals surface area (Å²) in [5.41, 5.74) is 5.15. The maximum atomic E-state index is 12.2. The molecule has 1 aliphatic rings. The quantitative estimate of drug-likeness (QED) is 0.830. The zero-order chi connectivity index (χ0) is 19.7. The Morgan fingerprint density at radius 2 is 2.04 bits per heavy atom. The summed E-state index contributed by atoms with van der Waals surface area (Å²) in [5.74, 6) is -0.460. The van der Waals surface area contributed by atoms with Crippen molar-refractivity contribution in [2.75, 3.05) is 19.0 Å². The number of carbonyl (C=O) groups is 1. The van der Waals surface area contributed by atoms with Gasteiger partial charge in [0.2, 0.25) is 5.88 Å². The lowest BCUT2D eigenvalue weighted by atomic mass is 9.80. The topological polar surface area (TPSA) is 80.7 Å². The molecule has 0 fully saturated rings. The van der Waals surface area contributed by atoms with Gasteiger partial charge in [0.05, 0.1) is 36.5 Å². The van der Waals surface area contributed by atoms with E-state index in [1.807, 2.05) is 39.0 Å². The predicted molar refractivity (Wildman–Crippen MR) is 104 cm³/mol. The van der Waals surface area contributed by atoms with Crippen LogP contribution >= 0.6 is 0 Å². The molecule has 3 rings (SSSR count). The van der Waals surface area contributed by atoms with Crippen molar-refractivity contribution in [2.24, 2.45) is 0 Å². The van der Waals surface area contributed by atoms with Gasteiger partial charge in [0, 0.05) is 17.5 Å². The Hall–Kier alpha value is -3.02. The van der Waals surface area contributed by atoms with Gasteiger partial charge in [-0.25, -0.2) is 9.78 Å². The van der Waals surface area contributed by atoms with Gasteiger partial charge in [-0.3, -0.25) is 0 Å². The first-order valence-electron chi connectivity index (χ1n) is 8.86. The van der Waals surface area contributed by atoms with E-state index in [1.165, 1.54) is 0 Å². The van der Waals surface area contributed by atoms with Crippen molar-refractivity contribution in [1.29, 1.82) is 0 Å². The number of aryl methyl sites for hydroxylation is 2. The van der Waals surface area contributed by atoms with Crippen LogP contribution in [0.15, 0.2) is 35.7 Å². The number of nitrogens with one attached hydrogen (secondary N) is 1. The van der Waals surface area contributed by atoms with Gasteiger partial charge in [0.15, 0.2) is 0 Å². The summed E-state index contributed by atoms with van der Waals surface area (Å²) in [4.78, 5) is 16.6. The molecule has 6 nitrogen and oxygen atoms in total. The Balaban J connectivity index is 2.37. The SMILES string of the molecule is CCOc1ncc(C)c2c1[C@H](c1ccc(C)cc1OC)C(C(=O)O)=C(C)N2. The van der Waals surface area contributed by atoms with Crippen molar-refractivity contribution in [3.8, 4) is 11.6 Å². The molecule has 2 aromatic rings. The van der Waals surface area contributed by atoms with Crippen LogP contribution < -0.4 is 14.8 Å². The summed E-state index contributed by atoms with van der Waals surface area (Å²) in [6.07, 6.45) is 1.74. The number of nitrogens with zero attached hydrogens (tertiary/aromatic N) is 1. The largest absolute Gasteiger partial charge is 0.496 e. The molecule has 2 N–H and O–H groups in total. The number of allylic oxidation sites excluding steroid dienone is 1. The molecule has 6 heteroatoms. The number of carboxylic acid groups (broad SMARTS) is 1. The van der Waals surface area contributed by atoms with E-state index in [0.29, 0.717) is 23.9 Å². The first-order chi connectivity index (χ1) is 12.9. The third-order valence-corrected chi connectivity index (χ3v) is 4.77. The molecule has 142 valence electrons. The Labute approximate surface area is 158 Å². The monoisotopic (exact) mass is 368 g/mol. The average molecular weight is 368 g/mol. The highest BCUT2D eigenvalue weighted by Gasteiger charge is 2.37. The fourth-order valence-electron chi connectivity index (χ4n) is 3.56. The molecule has 2 heterocycles. The number of hydrogen-bond acceptors (Lipinski definition) is 5. The highest BCUT2D eigenvalue weighted by Crippen LogP contribution is 2.48. The molecule has 0 radical (unpaired) electrons. The highest BCUT2D eigenvalue weighted by molar-refractivity contribution is 5.94. The molecule has 1 aliphatic heterocycles. The zero-order valence-corrected chi connectivity index (χ0v) is 16.2. The number of methoxy groups -OCH3 is 1. The number of pyridine rings is 1. The molecule has 0 bridgehead atoms. The van der Waals surface area contributed by atoms with E-state index in [4.69, 9.17) is 9.47 Å². The van der Waals surface area contributed by atoms with Crippen LogP contribution in [0, 0.1) is 13.8 Å². The van der Waals surface area contributed by atoms with Crippen molar-refractivity contribution in [3.63, 3.8) is 0 Å². The molecule has 0 spiro atoms. The number of hydrogen-bond donors (Lipinski definition) is 2. The highest BCUT2D eigenvalue weighted by atomic mass is 16.5. The van der Waals surface area contributed by atoms with Gasteiger partial charge in [-0.2, -0.15) is 0 Å². The Morgan fingerprint density at radius 1 is 1.30 bits per heavy atom. The van der Waals surface area contributed by atoms with Crippen LogP contribution in [-0.4, -0.2) is 29.8 Å². The van der Waals surface area contributed by atoms with Crippen molar-refractivity contribution in [3.05, 3.63) is 57.9 Å². The smallest absolute Gasteiger partial charge is 0.334 e. The van der Waals surface area contributed by atoms with Gasteiger partial charge in [-0.05, 0) is 44.9 Å². The maximum absolute atomic E-state index is 12.2. The molecule has 1 atom stereocenters. The van der Waals surface area contributed by atoms with Crippen molar-refractivity contribution < 1.29 is 19.4 Å². The molecule has 27 heavy (non-hydrogen) atoms. The molecule has 0 saturated heterocycles. The summed E-state index contributed by atoms with van der Waals surface area (Å²) in [5, 5.41) is 13.2. The molecular formula is C21H24N2O4. The fourth-order valence-corrected chi connectivity index (χ4v) is 3.56. The van der Waals surface area contributed by atoms with Crippen LogP contribution in [0.2, 0.25) is 0 Å². The normalized spacial score (nSPS) is 15.8. The Morgan fingerprint density at radius 3 is 2.67 bits per heavy atom. The summed E-state index contributed by atoms with van der Waals surface area (Å²) >= 11 is 0. The second-order valence-electron chi connectivity index (χ2n) is 6.62. The first-order valence-corrected chi connectivity index (χ1v) is 8.86. The second kappa shape index (κ2) is 7.31. The minimum atomic E-state index is -0.984. The first kappa shape index (κ1) is 18.8. The summed E-state index contributed by atoms with van der Waals surface area (Å²) in [6, 6.07) is 5.79.